The number of nitrogens with one attached hydrogen (secondary N) is 1. The molecule has 242 valence electrons. The highest BCUT2D eigenvalue weighted by Gasteiger charge is 2.43. The van der Waals surface area contributed by atoms with E-state index in [1.54, 1.807) is 11.8 Å². The molecule has 0 aliphatic carbocycles. The van der Waals surface area contributed by atoms with Gasteiger partial charge in [0.25, 0.3) is 0 Å². The fraction of sp³-hybridized carbons (Fsp3) is 0.571. The van der Waals surface area contributed by atoms with Gasteiger partial charge in [-0.1, -0.05) is 51.1 Å². The van der Waals surface area contributed by atoms with Crippen molar-refractivity contribution >= 4 is 41.0 Å². The Hall–Kier alpha value is -3.24. The maximum absolute atomic E-state index is 13.8. The van der Waals surface area contributed by atoms with Gasteiger partial charge in [-0.3, -0.25) is 9.59 Å². The van der Waals surface area contributed by atoms with Crippen LogP contribution in [0.3, 0.4) is 0 Å². The molecule has 45 heavy (non-hydrogen) atoms. The van der Waals surface area contributed by atoms with E-state index in [1.807, 2.05) is 32.9 Å². The number of hydrogen-bond acceptors (Lipinski definition) is 6. The molecule has 0 spiro atoms. The zero-order chi connectivity index (χ0) is 31.7. The van der Waals surface area contributed by atoms with Crippen LogP contribution >= 0.6 is 11.8 Å². The van der Waals surface area contributed by atoms with Crippen LogP contribution in [0.15, 0.2) is 48.5 Å². The lowest BCUT2D eigenvalue weighted by molar-refractivity contribution is -0.137. The van der Waals surface area contributed by atoms with Gasteiger partial charge in [-0.15, -0.1) is 11.8 Å². The van der Waals surface area contributed by atoms with Crippen LogP contribution in [0, 0.1) is 5.41 Å². The number of piperidine rings is 1. The summed E-state index contributed by atoms with van der Waals surface area (Å²) >= 11 is 1.63. The van der Waals surface area contributed by atoms with Crippen molar-refractivity contribution < 1.29 is 14.4 Å². The number of fused-ring (bicyclic) bond motifs is 1. The smallest absolute Gasteiger partial charge is 0.322 e. The second kappa shape index (κ2) is 13.2. The number of benzene rings is 2. The molecule has 2 aromatic rings. The Morgan fingerprint density at radius 1 is 0.933 bits per heavy atom. The van der Waals surface area contributed by atoms with Crippen molar-refractivity contribution in [3.05, 3.63) is 59.7 Å². The molecule has 3 saturated heterocycles. The molecule has 6 rings (SSSR count). The number of likely N-dealkylation sites (tertiary alicyclic amines) is 1. The second-order valence-electron chi connectivity index (χ2n) is 14.2. The zero-order valence-electron chi connectivity index (χ0n) is 27.2. The molecule has 1 N–H and O–H groups in total. The summed E-state index contributed by atoms with van der Waals surface area (Å²) in [6.45, 7) is 13.3. The topological polar surface area (TPSA) is 79.4 Å². The number of likely N-dealkylation sites (N-methyl/N-ethyl adjacent to an activating group) is 1. The summed E-state index contributed by atoms with van der Waals surface area (Å²) in [5, 5.41) is 2.53. The summed E-state index contributed by atoms with van der Waals surface area (Å²) in [4.78, 5) is 50.8. The first-order chi connectivity index (χ1) is 21.6. The molecule has 2 unspecified atom stereocenters. The van der Waals surface area contributed by atoms with Crippen LogP contribution in [0.2, 0.25) is 0 Å². The molecule has 4 aliphatic heterocycles. The van der Waals surface area contributed by atoms with E-state index < -0.39 is 0 Å². The van der Waals surface area contributed by atoms with Gasteiger partial charge < -0.3 is 29.8 Å². The number of carbonyl (C=O) groups is 3. The average molecular weight is 633 g/mol. The van der Waals surface area contributed by atoms with E-state index >= 15 is 0 Å². The van der Waals surface area contributed by atoms with Crippen LogP contribution in [0.25, 0.3) is 0 Å². The fourth-order valence-electron chi connectivity index (χ4n) is 6.81. The molecule has 2 atom stereocenters. The Kier molecular flexibility index (Phi) is 9.34. The number of nitrogens with zero attached hydrogens (tertiary/aromatic N) is 5. The van der Waals surface area contributed by atoms with Crippen molar-refractivity contribution in [2.24, 2.45) is 5.41 Å². The van der Waals surface area contributed by atoms with E-state index in [9.17, 15) is 14.4 Å². The Balaban J connectivity index is 1.08. The summed E-state index contributed by atoms with van der Waals surface area (Å²) in [6, 6.07) is 16.7. The number of para-hydroxylation sites is 1. The number of carbonyl (C=O) groups excluding carboxylic acids is 3. The van der Waals surface area contributed by atoms with Gasteiger partial charge in [0.2, 0.25) is 11.8 Å². The van der Waals surface area contributed by atoms with E-state index in [1.165, 1.54) is 5.69 Å². The predicted molar refractivity (Wildman–Crippen MR) is 181 cm³/mol. The Labute approximate surface area is 272 Å². The molecule has 4 aliphatic rings. The number of hydrogen-bond donors (Lipinski definition) is 1. The van der Waals surface area contributed by atoms with E-state index in [2.05, 4.69) is 73.3 Å². The summed E-state index contributed by atoms with van der Waals surface area (Å²) in [6.07, 6.45) is 2.60. The SMILES string of the molecule is CN1CCN(c2ccc(C3SC(CC(=O)N4CCC(N5Cc6ccccc6NC5=O)CC4)C(=O)N3CCC(C)(C)C)cc2)CC1. The van der Waals surface area contributed by atoms with E-state index in [0.717, 1.165) is 62.3 Å². The monoisotopic (exact) mass is 632 g/mol. The Bertz CT molecular complexity index is 1380. The summed E-state index contributed by atoms with van der Waals surface area (Å²) in [5.74, 6) is 0.110. The molecule has 0 radical (unpaired) electrons. The molecule has 0 aromatic heterocycles. The average Bonchev–Trinajstić information content (AvgIpc) is 3.34. The highest BCUT2D eigenvalue weighted by molar-refractivity contribution is 8.01. The largest absolute Gasteiger partial charge is 0.369 e. The molecule has 10 heteroatoms. The standard InChI is InChI=1S/C35H48N6O3S/c1-35(2,3)15-18-40-32(43)30(45-33(40)25-9-11-27(12-10-25)38-21-19-37(4)20-22-38)23-31(42)39-16-13-28(14-17-39)41-24-26-7-5-6-8-29(26)36-34(41)44/h5-12,28,30,33H,13-24H2,1-4H3,(H,36,44). The summed E-state index contributed by atoms with van der Waals surface area (Å²) < 4.78 is 0. The lowest BCUT2D eigenvalue weighted by Crippen LogP contribution is -2.51. The second-order valence-corrected chi connectivity index (χ2v) is 15.5. The number of urea groups is 1. The zero-order valence-corrected chi connectivity index (χ0v) is 28.0. The lowest BCUT2D eigenvalue weighted by Gasteiger charge is -2.40. The van der Waals surface area contributed by atoms with Crippen LogP contribution in [-0.4, -0.2) is 102 Å². The quantitative estimate of drug-likeness (QED) is 0.450. The van der Waals surface area contributed by atoms with Crippen LogP contribution in [0.4, 0.5) is 16.2 Å². The normalized spacial score (nSPS) is 23.4. The van der Waals surface area contributed by atoms with Crippen LogP contribution < -0.4 is 10.2 Å². The van der Waals surface area contributed by atoms with Crippen LogP contribution in [-0.2, 0) is 16.1 Å². The molecule has 9 nitrogen and oxygen atoms in total. The summed E-state index contributed by atoms with van der Waals surface area (Å²) in [7, 11) is 2.17. The lowest BCUT2D eigenvalue weighted by atomic mass is 9.92. The van der Waals surface area contributed by atoms with Gasteiger partial charge >= 0.3 is 6.03 Å². The predicted octanol–water partition coefficient (Wildman–Crippen LogP) is 5.25. The van der Waals surface area contributed by atoms with Gasteiger partial charge in [0.05, 0.1) is 5.25 Å². The van der Waals surface area contributed by atoms with Crippen molar-refractivity contribution in [3.8, 4) is 0 Å². The molecule has 2 aromatic carbocycles. The van der Waals surface area contributed by atoms with Gasteiger partial charge in [0.15, 0.2) is 0 Å². The van der Waals surface area contributed by atoms with Crippen LogP contribution in [0.1, 0.15) is 63.0 Å². The number of anilines is 2. The number of rotatable bonds is 7. The van der Waals surface area contributed by atoms with Gasteiger partial charge in [-0.25, -0.2) is 4.79 Å². The minimum atomic E-state index is -0.387. The molecule has 4 heterocycles. The molecule has 3 fully saturated rings. The third-order valence-corrected chi connectivity index (χ3v) is 11.2. The maximum atomic E-state index is 13.8. The molecule has 4 amide bonds. The highest BCUT2D eigenvalue weighted by atomic mass is 32.2. The number of piperazine rings is 1. The number of amides is 4. The number of thioether (sulfide) groups is 1. The van der Waals surface area contributed by atoms with E-state index in [4.69, 9.17) is 0 Å². The maximum Gasteiger partial charge on any atom is 0.322 e. The summed E-state index contributed by atoms with van der Waals surface area (Å²) in [5.41, 5.74) is 4.45. The first kappa shape index (κ1) is 31.7. The fourth-order valence-corrected chi connectivity index (χ4v) is 8.28. The van der Waals surface area contributed by atoms with Gasteiger partial charge in [-0.2, -0.15) is 0 Å². The Morgan fingerprint density at radius 3 is 2.31 bits per heavy atom. The first-order valence-electron chi connectivity index (χ1n) is 16.5. The van der Waals surface area contributed by atoms with Gasteiger partial charge in [-0.05, 0) is 61.1 Å². The van der Waals surface area contributed by atoms with E-state index in [-0.39, 0.29) is 46.3 Å². The minimum absolute atomic E-state index is 0.0366. The minimum Gasteiger partial charge on any atom is -0.369 e. The van der Waals surface area contributed by atoms with Crippen LogP contribution in [0.5, 0.6) is 0 Å². The highest BCUT2D eigenvalue weighted by Crippen LogP contribution is 2.45. The Morgan fingerprint density at radius 2 is 1.62 bits per heavy atom. The van der Waals surface area contributed by atoms with Gasteiger partial charge in [0.1, 0.15) is 5.37 Å². The van der Waals surface area contributed by atoms with Crippen molar-refractivity contribution in [2.45, 2.75) is 69.7 Å². The third kappa shape index (κ3) is 7.27. The first-order valence-corrected chi connectivity index (χ1v) is 17.4. The van der Waals surface area contributed by atoms with E-state index in [0.29, 0.717) is 26.2 Å². The molecule has 0 bridgehead atoms. The van der Waals surface area contributed by atoms with Gasteiger partial charge in [0, 0.05) is 76.2 Å². The van der Waals surface area contributed by atoms with Crippen molar-refractivity contribution in [1.29, 1.82) is 0 Å². The molecule has 0 saturated carbocycles. The molecular formula is C35H48N6O3S. The van der Waals surface area contributed by atoms with Crippen molar-refractivity contribution in [2.75, 3.05) is 63.1 Å². The third-order valence-electron chi connectivity index (χ3n) is 9.76. The van der Waals surface area contributed by atoms with Crippen molar-refractivity contribution in [1.82, 2.24) is 19.6 Å². The molecular weight excluding hydrogens is 584 g/mol. The van der Waals surface area contributed by atoms with Crippen molar-refractivity contribution in [3.63, 3.8) is 0 Å².